The molecule has 3 rings (SSSR count). The van der Waals surface area contributed by atoms with Gasteiger partial charge in [-0.25, -0.2) is 0 Å². The molecule has 1 aromatic rings. The zero-order chi connectivity index (χ0) is 22.5. The number of rotatable bonds is 4. The molecule has 0 amide bonds. The van der Waals surface area contributed by atoms with Crippen LogP contribution in [0.2, 0.25) is 0 Å². The van der Waals surface area contributed by atoms with Crippen molar-refractivity contribution in [3.05, 3.63) is 35.4 Å². The van der Waals surface area contributed by atoms with E-state index in [4.69, 9.17) is 0 Å². The summed E-state index contributed by atoms with van der Waals surface area (Å²) in [7, 11) is 0. The van der Waals surface area contributed by atoms with Gasteiger partial charge in [-0.1, -0.05) is 38.1 Å². The Morgan fingerprint density at radius 1 is 0.633 bits per heavy atom. The van der Waals surface area contributed by atoms with Crippen molar-refractivity contribution in [2.75, 3.05) is 0 Å². The average molecular weight is 413 g/mol. The maximum Gasteiger partial charge on any atom is 0.0132 e. The number of benzene rings is 1. The van der Waals surface area contributed by atoms with Gasteiger partial charge >= 0.3 is 0 Å². The fourth-order valence-corrected chi connectivity index (χ4v) is 7.18. The van der Waals surface area contributed by atoms with Crippen molar-refractivity contribution in [3.8, 4) is 0 Å². The Morgan fingerprint density at radius 3 is 1.23 bits per heavy atom. The molecule has 2 heteroatoms. The van der Waals surface area contributed by atoms with Crippen LogP contribution in [-0.2, 0) is 0 Å². The van der Waals surface area contributed by atoms with Crippen LogP contribution in [0.3, 0.4) is 0 Å². The van der Waals surface area contributed by atoms with E-state index in [1.807, 2.05) is 0 Å². The van der Waals surface area contributed by atoms with Crippen molar-refractivity contribution >= 4 is 0 Å². The summed E-state index contributed by atoms with van der Waals surface area (Å²) in [5.41, 5.74) is 3.89. The molecule has 0 radical (unpaired) electrons. The highest BCUT2D eigenvalue weighted by molar-refractivity contribution is 5.30. The Morgan fingerprint density at radius 2 is 0.933 bits per heavy atom. The highest BCUT2D eigenvalue weighted by Gasteiger charge is 2.41. The molecule has 2 saturated heterocycles. The molecule has 0 bridgehead atoms. The van der Waals surface area contributed by atoms with Crippen molar-refractivity contribution in [2.24, 2.45) is 11.8 Å². The molecule has 0 spiro atoms. The molecule has 0 aliphatic carbocycles. The van der Waals surface area contributed by atoms with Crippen molar-refractivity contribution in [1.29, 1.82) is 0 Å². The molecule has 2 atom stereocenters. The summed E-state index contributed by atoms with van der Waals surface area (Å²) in [6.07, 6.45) is 4.98. The lowest BCUT2D eigenvalue weighted by atomic mass is 9.68. The second-order valence-electron chi connectivity index (χ2n) is 13.4. The molecule has 2 fully saturated rings. The van der Waals surface area contributed by atoms with Crippen molar-refractivity contribution in [3.63, 3.8) is 0 Å². The van der Waals surface area contributed by atoms with Crippen LogP contribution in [0.5, 0.6) is 0 Å². The summed E-state index contributed by atoms with van der Waals surface area (Å²) >= 11 is 0. The molecule has 2 nitrogen and oxygen atoms in total. The molecule has 170 valence electrons. The van der Waals surface area contributed by atoms with Crippen molar-refractivity contribution < 1.29 is 0 Å². The first-order valence-corrected chi connectivity index (χ1v) is 12.3. The van der Waals surface area contributed by atoms with Gasteiger partial charge in [0, 0.05) is 22.2 Å². The quantitative estimate of drug-likeness (QED) is 0.556. The van der Waals surface area contributed by atoms with Gasteiger partial charge in [0.15, 0.2) is 0 Å². The first-order chi connectivity index (χ1) is 13.6. The van der Waals surface area contributed by atoms with Crippen LogP contribution >= 0.6 is 0 Å². The topological polar surface area (TPSA) is 24.1 Å². The van der Waals surface area contributed by atoms with E-state index in [-0.39, 0.29) is 22.2 Å². The molecule has 2 unspecified atom stereocenters. The van der Waals surface area contributed by atoms with E-state index >= 15 is 0 Å². The molecular formula is C28H48N2. The lowest BCUT2D eigenvalue weighted by molar-refractivity contribution is 0.115. The molecule has 0 saturated carbocycles. The molecule has 0 aromatic heterocycles. The van der Waals surface area contributed by atoms with Crippen LogP contribution in [0.4, 0.5) is 0 Å². The highest BCUT2D eigenvalue weighted by Crippen LogP contribution is 2.43. The van der Waals surface area contributed by atoms with E-state index in [0.29, 0.717) is 11.8 Å². The third kappa shape index (κ3) is 5.68. The van der Waals surface area contributed by atoms with Crippen LogP contribution in [0, 0.1) is 11.8 Å². The molecule has 2 N–H and O–H groups in total. The molecule has 2 aliphatic heterocycles. The standard InChI is InChI=1S/C28H48N2/c1-19(23-15-25(3,4)29-26(5,6)16-23)21-12-11-13-22(14-21)20(2)24-17-27(7,8)30-28(9,10)18-24/h11-14,19-20,23-24,29-30H,15-18H2,1-10H3. The number of hydrogen-bond donors (Lipinski definition) is 2. The van der Waals surface area contributed by atoms with E-state index in [9.17, 15) is 0 Å². The fraction of sp³-hybridized carbons (Fsp3) is 0.786. The van der Waals surface area contributed by atoms with Gasteiger partial charge in [0.05, 0.1) is 0 Å². The van der Waals surface area contributed by atoms with Gasteiger partial charge < -0.3 is 10.6 Å². The third-order valence-corrected chi connectivity index (χ3v) is 7.82. The first kappa shape index (κ1) is 23.8. The first-order valence-electron chi connectivity index (χ1n) is 12.3. The number of hydrogen-bond acceptors (Lipinski definition) is 2. The van der Waals surface area contributed by atoms with Gasteiger partial charge in [-0.15, -0.1) is 0 Å². The minimum absolute atomic E-state index is 0.206. The van der Waals surface area contributed by atoms with Gasteiger partial charge in [-0.2, -0.15) is 0 Å². The van der Waals surface area contributed by atoms with Crippen molar-refractivity contribution in [2.45, 2.75) is 129 Å². The predicted molar refractivity (Wildman–Crippen MR) is 131 cm³/mol. The monoisotopic (exact) mass is 412 g/mol. The minimum atomic E-state index is 0.206. The molecule has 2 heterocycles. The van der Waals surface area contributed by atoms with Crippen LogP contribution < -0.4 is 10.6 Å². The van der Waals surface area contributed by atoms with E-state index in [2.05, 4.69) is 104 Å². The lowest BCUT2D eigenvalue weighted by Crippen LogP contribution is -2.58. The Kier molecular flexibility index (Phi) is 6.29. The summed E-state index contributed by atoms with van der Waals surface area (Å²) in [5, 5.41) is 7.70. The Hall–Kier alpha value is -0.860. The van der Waals surface area contributed by atoms with E-state index < -0.39 is 0 Å². The van der Waals surface area contributed by atoms with Gasteiger partial charge in [-0.3, -0.25) is 0 Å². The summed E-state index contributed by atoms with van der Waals surface area (Å²) in [6.45, 7) is 23.9. The van der Waals surface area contributed by atoms with E-state index in [1.165, 1.54) is 36.8 Å². The second kappa shape index (κ2) is 7.93. The molecular weight excluding hydrogens is 364 g/mol. The Bertz CT molecular complexity index is 652. The van der Waals surface area contributed by atoms with Crippen LogP contribution in [0.25, 0.3) is 0 Å². The summed E-state index contributed by atoms with van der Waals surface area (Å²) < 4.78 is 0. The Balaban J connectivity index is 1.80. The summed E-state index contributed by atoms with van der Waals surface area (Å²) in [5.74, 6) is 2.63. The summed E-state index contributed by atoms with van der Waals surface area (Å²) in [6, 6.07) is 9.60. The SMILES string of the molecule is CC(c1cccc(C(C)C2CC(C)(C)NC(C)(C)C2)c1)C1CC(C)(C)NC(C)(C)C1. The zero-order valence-corrected chi connectivity index (χ0v) is 21.4. The number of nitrogens with one attached hydrogen (secondary N) is 2. The highest BCUT2D eigenvalue weighted by atomic mass is 15.1. The van der Waals surface area contributed by atoms with Crippen LogP contribution in [-0.4, -0.2) is 22.2 Å². The average Bonchev–Trinajstić information content (AvgIpc) is 2.55. The molecule has 30 heavy (non-hydrogen) atoms. The molecule has 1 aromatic carbocycles. The van der Waals surface area contributed by atoms with Crippen LogP contribution in [0.1, 0.15) is 118 Å². The zero-order valence-electron chi connectivity index (χ0n) is 21.4. The van der Waals surface area contributed by atoms with Crippen LogP contribution in [0.15, 0.2) is 24.3 Å². The van der Waals surface area contributed by atoms with E-state index in [0.717, 1.165) is 11.8 Å². The predicted octanol–water partition coefficient (Wildman–Crippen LogP) is 7.01. The maximum atomic E-state index is 3.85. The van der Waals surface area contributed by atoms with E-state index in [1.54, 1.807) is 0 Å². The second-order valence-corrected chi connectivity index (χ2v) is 13.4. The minimum Gasteiger partial charge on any atom is -0.307 e. The Labute approximate surface area is 187 Å². The normalized spacial score (nSPS) is 28.1. The lowest BCUT2D eigenvalue weighted by Gasteiger charge is -2.49. The fourth-order valence-electron chi connectivity index (χ4n) is 7.18. The smallest absolute Gasteiger partial charge is 0.0132 e. The van der Waals surface area contributed by atoms with Gasteiger partial charge in [0.1, 0.15) is 0 Å². The largest absolute Gasteiger partial charge is 0.307 e. The van der Waals surface area contributed by atoms with Crippen molar-refractivity contribution in [1.82, 2.24) is 10.6 Å². The third-order valence-electron chi connectivity index (χ3n) is 7.82. The molecule has 2 aliphatic rings. The maximum absolute atomic E-state index is 3.85. The van der Waals surface area contributed by atoms with Gasteiger partial charge in [0.25, 0.3) is 0 Å². The van der Waals surface area contributed by atoms with Gasteiger partial charge in [0.2, 0.25) is 0 Å². The number of piperidine rings is 2. The summed E-state index contributed by atoms with van der Waals surface area (Å²) in [4.78, 5) is 0. The van der Waals surface area contributed by atoms with Gasteiger partial charge in [-0.05, 0) is 116 Å².